The number of methoxy groups -OCH3 is 1. The number of nitrogens with one attached hydrogen (secondary N) is 1. The summed E-state index contributed by atoms with van der Waals surface area (Å²) in [5.41, 5.74) is 7.42. The van der Waals surface area contributed by atoms with E-state index in [0.717, 1.165) is 24.0 Å². The second-order valence-electron chi connectivity index (χ2n) is 4.45. The normalized spacial score (nSPS) is 16.8. The first kappa shape index (κ1) is 12.1. The molecule has 0 aromatic heterocycles. The van der Waals surface area contributed by atoms with Gasteiger partial charge in [-0.25, -0.2) is 0 Å². The van der Waals surface area contributed by atoms with Crippen LogP contribution < -0.4 is 11.1 Å². The summed E-state index contributed by atoms with van der Waals surface area (Å²) in [6.07, 6.45) is 2.26. The van der Waals surface area contributed by atoms with Crippen molar-refractivity contribution in [2.45, 2.75) is 31.5 Å². The lowest BCUT2D eigenvalue weighted by molar-refractivity contribution is -0.120. The van der Waals surface area contributed by atoms with E-state index in [1.165, 1.54) is 0 Å². The van der Waals surface area contributed by atoms with Crippen molar-refractivity contribution < 1.29 is 9.53 Å². The molecular formula is C13H18N2O2. The van der Waals surface area contributed by atoms with Crippen molar-refractivity contribution in [3.05, 3.63) is 35.4 Å². The number of hydrogen-bond donors (Lipinski definition) is 2. The van der Waals surface area contributed by atoms with Crippen molar-refractivity contribution in [3.8, 4) is 0 Å². The van der Waals surface area contributed by atoms with Crippen molar-refractivity contribution in [2.24, 2.45) is 5.73 Å². The smallest absolute Gasteiger partial charge is 0.239 e. The molecule has 4 nitrogen and oxygen atoms in total. The van der Waals surface area contributed by atoms with Crippen LogP contribution in [0.4, 0.5) is 0 Å². The minimum Gasteiger partial charge on any atom is -0.380 e. The maximum absolute atomic E-state index is 11.4. The number of ether oxygens (including phenoxy) is 1. The zero-order valence-electron chi connectivity index (χ0n) is 9.98. The van der Waals surface area contributed by atoms with Gasteiger partial charge in [0.2, 0.25) is 5.91 Å². The van der Waals surface area contributed by atoms with Gasteiger partial charge in [-0.15, -0.1) is 0 Å². The first-order valence-corrected chi connectivity index (χ1v) is 5.84. The number of hydrogen-bond acceptors (Lipinski definition) is 3. The predicted octanol–water partition coefficient (Wildman–Crippen LogP) is 1.11. The second-order valence-corrected chi connectivity index (χ2v) is 4.45. The topological polar surface area (TPSA) is 64.3 Å². The molecule has 0 bridgehead atoms. The molecule has 1 atom stereocenters. The molecule has 1 aliphatic rings. The highest BCUT2D eigenvalue weighted by Gasteiger charge is 2.28. The number of amides is 1. The molecule has 4 heteroatoms. The molecule has 0 saturated heterocycles. The molecule has 0 heterocycles. The van der Waals surface area contributed by atoms with Crippen molar-refractivity contribution in [1.82, 2.24) is 5.32 Å². The third-order valence-corrected chi connectivity index (χ3v) is 2.89. The molecule has 0 aliphatic heterocycles. The molecule has 1 unspecified atom stereocenters. The van der Waals surface area contributed by atoms with Gasteiger partial charge in [-0.05, 0) is 24.0 Å². The highest BCUT2D eigenvalue weighted by Crippen LogP contribution is 2.24. The predicted molar refractivity (Wildman–Crippen MR) is 65.2 cm³/mol. The van der Waals surface area contributed by atoms with Crippen molar-refractivity contribution in [2.75, 3.05) is 7.11 Å². The van der Waals surface area contributed by atoms with E-state index in [2.05, 4.69) is 5.32 Å². The fourth-order valence-electron chi connectivity index (χ4n) is 1.80. The molecule has 1 aromatic rings. The fourth-order valence-corrected chi connectivity index (χ4v) is 1.80. The van der Waals surface area contributed by atoms with Crippen LogP contribution in [0.15, 0.2) is 24.3 Å². The third-order valence-electron chi connectivity index (χ3n) is 2.89. The Morgan fingerprint density at radius 2 is 2.12 bits per heavy atom. The molecule has 1 aromatic carbocycles. The Kier molecular flexibility index (Phi) is 3.76. The van der Waals surface area contributed by atoms with Gasteiger partial charge in [-0.3, -0.25) is 10.1 Å². The number of primary amides is 1. The van der Waals surface area contributed by atoms with Crippen LogP contribution in [0.25, 0.3) is 0 Å². The van der Waals surface area contributed by atoms with Gasteiger partial charge in [0.25, 0.3) is 0 Å². The molecule has 0 spiro atoms. The van der Waals surface area contributed by atoms with E-state index in [1.54, 1.807) is 7.11 Å². The van der Waals surface area contributed by atoms with Crippen molar-refractivity contribution in [1.29, 1.82) is 0 Å². The standard InChI is InChI=1S/C13H18N2O2/c1-17-8-9-2-4-10(5-3-9)12(13(14)16)15-11-6-7-11/h2-5,11-12,15H,6-8H2,1H3,(H2,14,16). The monoisotopic (exact) mass is 234 g/mol. The van der Waals surface area contributed by atoms with Crippen LogP contribution >= 0.6 is 0 Å². The highest BCUT2D eigenvalue weighted by molar-refractivity contribution is 5.81. The Bertz CT molecular complexity index is 385. The summed E-state index contributed by atoms with van der Waals surface area (Å²) in [7, 11) is 1.66. The van der Waals surface area contributed by atoms with E-state index < -0.39 is 0 Å². The molecular weight excluding hydrogens is 216 g/mol. The zero-order valence-corrected chi connectivity index (χ0v) is 9.98. The van der Waals surface area contributed by atoms with Gasteiger partial charge in [0.1, 0.15) is 6.04 Å². The summed E-state index contributed by atoms with van der Waals surface area (Å²) in [6.45, 7) is 0.581. The lowest BCUT2D eigenvalue weighted by Crippen LogP contribution is -2.34. The SMILES string of the molecule is COCc1ccc(C(NC2CC2)C(N)=O)cc1. The Balaban J connectivity index is 2.08. The average molecular weight is 234 g/mol. The molecule has 2 rings (SSSR count). The molecule has 92 valence electrons. The summed E-state index contributed by atoms with van der Waals surface area (Å²) in [5, 5.41) is 3.25. The third kappa shape index (κ3) is 3.28. The van der Waals surface area contributed by atoms with Crippen LogP contribution in [0.2, 0.25) is 0 Å². The van der Waals surface area contributed by atoms with Gasteiger partial charge in [0.05, 0.1) is 6.61 Å². The van der Waals surface area contributed by atoms with Gasteiger partial charge < -0.3 is 10.5 Å². The highest BCUT2D eigenvalue weighted by atomic mass is 16.5. The number of rotatable bonds is 6. The van der Waals surface area contributed by atoms with Crippen LogP contribution in [0, 0.1) is 0 Å². The van der Waals surface area contributed by atoms with Gasteiger partial charge in [-0.1, -0.05) is 24.3 Å². The lowest BCUT2D eigenvalue weighted by Gasteiger charge is -2.15. The zero-order chi connectivity index (χ0) is 12.3. The van der Waals surface area contributed by atoms with Crippen LogP contribution in [-0.2, 0) is 16.1 Å². The van der Waals surface area contributed by atoms with Gasteiger partial charge in [0.15, 0.2) is 0 Å². The summed E-state index contributed by atoms with van der Waals surface area (Å²) < 4.78 is 5.04. The van der Waals surface area contributed by atoms with Crippen molar-refractivity contribution >= 4 is 5.91 Å². The number of carbonyl (C=O) groups is 1. The Labute approximate surface area is 101 Å². The lowest BCUT2D eigenvalue weighted by atomic mass is 10.0. The molecule has 1 aliphatic carbocycles. The molecule has 1 fully saturated rings. The summed E-state index contributed by atoms with van der Waals surface area (Å²) in [4.78, 5) is 11.4. The van der Waals surface area contributed by atoms with Crippen LogP contribution in [0.3, 0.4) is 0 Å². The number of benzene rings is 1. The van der Waals surface area contributed by atoms with Gasteiger partial charge >= 0.3 is 0 Å². The average Bonchev–Trinajstić information content (AvgIpc) is 3.11. The van der Waals surface area contributed by atoms with Crippen LogP contribution in [-0.4, -0.2) is 19.1 Å². The Morgan fingerprint density at radius 3 is 2.59 bits per heavy atom. The summed E-state index contributed by atoms with van der Waals surface area (Å²) in [5.74, 6) is -0.323. The minimum atomic E-state index is -0.376. The molecule has 17 heavy (non-hydrogen) atoms. The number of nitrogens with two attached hydrogens (primary N) is 1. The Hall–Kier alpha value is -1.39. The molecule has 0 radical (unpaired) electrons. The summed E-state index contributed by atoms with van der Waals surface area (Å²) in [6, 6.07) is 7.86. The van der Waals surface area contributed by atoms with E-state index in [-0.39, 0.29) is 11.9 Å². The van der Waals surface area contributed by atoms with E-state index in [1.807, 2.05) is 24.3 Å². The molecule has 1 saturated carbocycles. The number of carbonyl (C=O) groups excluding carboxylic acids is 1. The Morgan fingerprint density at radius 1 is 1.47 bits per heavy atom. The molecule has 1 amide bonds. The minimum absolute atomic E-state index is 0.323. The van der Waals surface area contributed by atoms with E-state index in [9.17, 15) is 4.79 Å². The van der Waals surface area contributed by atoms with Crippen molar-refractivity contribution in [3.63, 3.8) is 0 Å². The molecule has 3 N–H and O–H groups in total. The largest absolute Gasteiger partial charge is 0.380 e. The maximum Gasteiger partial charge on any atom is 0.239 e. The van der Waals surface area contributed by atoms with E-state index in [0.29, 0.717) is 12.6 Å². The van der Waals surface area contributed by atoms with Crippen LogP contribution in [0.1, 0.15) is 30.0 Å². The van der Waals surface area contributed by atoms with E-state index in [4.69, 9.17) is 10.5 Å². The quantitative estimate of drug-likeness (QED) is 0.775. The van der Waals surface area contributed by atoms with Gasteiger partial charge in [-0.2, -0.15) is 0 Å². The first-order valence-electron chi connectivity index (χ1n) is 5.84. The second kappa shape index (κ2) is 5.29. The fraction of sp³-hybridized carbons (Fsp3) is 0.462. The van der Waals surface area contributed by atoms with E-state index >= 15 is 0 Å². The van der Waals surface area contributed by atoms with Crippen LogP contribution in [0.5, 0.6) is 0 Å². The maximum atomic E-state index is 11.4. The summed E-state index contributed by atoms with van der Waals surface area (Å²) >= 11 is 0. The van der Waals surface area contributed by atoms with Gasteiger partial charge in [0, 0.05) is 13.2 Å². The first-order chi connectivity index (χ1) is 8.20.